The predicted octanol–water partition coefficient (Wildman–Crippen LogP) is 6.84. The molecule has 0 radical (unpaired) electrons. The van der Waals surface area contributed by atoms with E-state index in [4.69, 9.17) is 4.74 Å². The normalized spacial score (nSPS) is 11.2. The summed E-state index contributed by atoms with van der Waals surface area (Å²) in [5.74, 6) is -0.701. The van der Waals surface area contributed by atoms with Crippen LogP contribution in [0.15, 0.2) is 0 Å². The highest BCUT2D eigenvalue weighted by Crippen LogP contribution is 2.15. The number of amides is 2. The van der Waals surface area contributed by atoms with Crippen LogP contribution in [0.2, 0.25) is 0 Å². The first-order chi connectivity index (χ1) is 16.0. The molecule has 0 aromatic rings. The molecule has 0 atom stereocenters. The topological polar surface area (TPSA) is 49.9 Å². The molecule has 0 heterocycles. The van der Waals surface area contributed by atoms with Crippen molar-refractivity contribution in [3.63, 3.8) is 0 Å². The molecular weight excluding hydrogens is 412 g/mol. The second-order valence-electron chi connectivity index (χ2n) is 9.72. The number of ether oxygens (including phenoxy) is 1. The smallest absolute Gasteiger partial charge is 0.234 e. The summed E-state index contributed by atoms with van der Waals surface area (Å²) in [6, 6.07) is 0. The number of carbonyl (C=O) groups is 2. The zero-order chi connectivity index (χ0) is 24.7. The van der Waals surface area contributed by atoms with Gasteiger partial charge in [0.05, 0.1) is 0 Å². The molecular formula is C28H56N2O3. The zero-order valence-electron chi connectivity index (χ0n) is 22.8. The van der Waals surface area contributed by atoms with Crippen LogP contribution >= 0.6 is 0 Å². The average molecular weight is 469 g/mol. The Hall–Kier alpha value is -1.10. The lowest BCUT2D eigenvalue weighted by atomic mass is 10.0. The minimum absolute atomic E-state index is 0.0412. The second-order valence-corrected chi connectivity index (χ2v) is 9.72. The Morgan fingerprint density at radius 3 is 1.42 bits per heavy atom. The van der Waals surface area contributed by atoms with E-state index in [2.05, 4.69) is 20.8 Å². The summed E-state index contributed by atoms with van der Waals surface area (Å²) in [4.78, 5) is 29.9. The van der Waals surface area contributed by atoms with Crippen LogP contribution in [0.1, 0.15) is 124 Å². The van der Waals surface area contributed by atoms with Crippen LogP contribution in [-0.2, 0) is 14.3 Å². The van der Waals surface area contributed by atoms with Crippen molar-refractivity contribution >= 4 is 11.8 Å². The highest BCUT2D eigenvalue weighted by molar-refractivity contribution is 6.00. The highest BCUT2D eigenvalue weighted by atomic mass is 16.5. The quantitative estimate of drug-likeness (QED) is 0.122. The van der Waals surface area contributed by atoms with Gasteiger partial charge in [-0.3, -0.25) is 9.59 Å². The standard InChI is InChI=1S/C28H56N2O3/c1-6-9-12-14-16-18-22-29(4)27(31)26(21-25-33-24-20-11-8-3)28(32)30(5)23-19-17-15-13-10-7-2/h26H,6-25H2,1-5H3. The van der Waals surface area contributed by atoms with Crippen LogP contribution in [0.4, 0.5) is 0 Å². The molecule has 0 bridgehead atoms. The Kier molecular flexibility index (Phi) is 21.9. The Morgan fingerprint density at radius 1 is 0.576 bits per heavy atom. The Balaban J connectivity index is 4.65. The molecule has 0 aliphatic carbocycles. The molecule has 5 heteroatoms. The van der Waals surface area contributed by atoms with Gasteiger partial charge in [0.25, 0.3) is 0 Å². The summed E-state index contributed by atoms with van der Waals surface area (Å²) in [6.45, 7) is 9.26. The summed E-state index contributed by atoms with van der Waals surface area (Å²) in [5, 5.41) is 0. The van der Waals surface area contributed by atoms with Crippen molar-refractivity contribution in [3.05, 3.63) is 0 Å². The summed E-state index contributed by atoms with van der Waals surface area (Å²) in [7, 11) is 3.70. The Morgan fingerprint density at radius 2 is 0.970 bits per heavy atom. The van der Waals surface area contributed by atoms with E-state index in [1.807, 2.05) is 14.1 Å². The van der Waals surface area contributed by atoms with E-state index in [9.17, 15) is 9.59 Å². The van der Waals surface area contributed by atoms with Crippen molar-refractivity contribution in [2.75, 3.05) is 40.4 Å². The fourth-order valence-corrected chi connectivity index (χ4v) is 4.12. The lowest BCUT2D eigenvalue weighted by Gasteiger charge is -2.27. The lowest BCUT2D eigenvalue weighted by molar-refractivity contribution is -0.146. The molecule has 0 rings (SSSR count). The van der Waals surface area contributed by atoms with E-state index in [1.165, 1.54) is 51.4 Å². The Bertz CT molecular complexity index is 436. The van der Waals surface area contributed by atoms with Gasteiger partial charge >= 0.3 is 0 Å². The first-order valence-corrected chi connectivity index (χ1v) is 14.1. The summed E-state index contributed by atoms with van der Waals surface area (Å²) < 4.78 is 5.76. The number of carbonyl (C=O) groups excluding carboxylic acids is 2. The highest BCUT2D eigenvalue weighted by Gasteiger charge is 2.31. The molecule has 0 saturated heterocycles. The van der Waals surface area contributed by atoms with Crippen LogP contribution < -0.4 is 0 Å². The zero-order valence-corrected chi connectivity index (χ0v) is 22.8. The molecule has 0 saturated carbocycles. The van der Waals surface area contributed by atoms with Gasteiger partial charge in [0.1, 0.15) is 5.92 Å². The number of rotatable bonds is 23. The van der Waals surface area contributed by atoms with E-state index in [-0.39, 0.29) is 11.8 Å². The third kappa shape index (κ3) is 17.1. The van der Waals surface area contributed by atoms with Crippen molar-refractivity contribution in [1.29, 1.82) is 0 Å². The van der Waals surface area contributed by atoms with Crippen molar-refractivity contribution in [1.82, 2.24) is 9.80 Å². The maximum absolute atomic E-state index is 13.2. The number of hydrogen-bond donors (Lipinski definition) is 0. The number of hydrogen-bond acceptors (Lipinski definition) is 3. The molecule has 0 aliphatic rings. The van der Waals surface area contributed by atoms with Crippen molar-refractivity contribution in [3.8, 4) is 0 Å². The van der Waals surface area contributed by atoms with Crippen LogP contribution in [0.3, 0.4) is 0 Å². The molecule has 2 amide bonds. The molecule has 0 aromatic heterocycles. The van der Waals surface area contributed by atoms with E-state index < -0.39 is 5.92 Å². The molecule has 0 N–H and O–H groups in total. The van der Waals surface area contributed by atoms with Gasteiger partial charge in [-0.2, -0.15) is 0 Å². The fraction of sp³-hybridized carbons (Fsp3) is 0.929. The van der Waals surface area contributed by atoms with Gasteiger partial charge in [-0.05, 0) is 25.7 Å². The molecule has 5 nitrogen and oxygen atoms in total. The van der Waals surface area contributed by atoms with Crippen LogP contribution in [-0.4, -0.2) is 62.0 Å². The van der Waals surface area contributed by atoms with Crippen LogP contribution in [0, 0.1) is 5.92 Å². The first-order valence-electron chi connectivity index (χ1n) is 14.1. The van der Waals surface area contributed by atoms with Gasteiger partial charge in [0.15, 0.2) is 0 Å². The summed E-state index contributed by atoms with van der Waals surface area (Å²) in [5.41, 5.74) is 0. The van der Waals surface area contributed by atoms with Gasteiger partial charge in [-0.1, -0.05) is 97.8 Å². The fourth-order valence-electron chi connectivity index (χ4n) is 4.12. The third-order valence-corrected chi connectivity index (χ3v) is 6.49. The maximum atomic E-state index is 13.2. The number of unbranched alkanes of at least 4 members (excludes halogenated alkanes) is 12. The molecule has 0 aromatic carbocycles. The SMILES string of the molecule is CCCCCCCCN(C)C(=O)C(CCOCCCCC)C(=O)N(C)CCCCCCCC. The van der Waals surface area contributed by atoms with Crippen LogP contribution in [0.25, 0.3) is 0 Å². The average Bonchev–Trinajstić information content (AvgIpc) is 2.82. The summed E-state index contributed by atoms with van der Waals surface area (Å²) in [6.07, 6.45) is 18.2. The van der Waals surface area contributed by atoms with Gasteiger partial charge in [-0.15, -0.1) is 0 Å². The van der Waals surface area contributed by atoms with Crippen molar-refractivity contribution < 1.29 is 14.3 Å². The monoisotopic (exact) mass is 468 g/mol. The molecule has 0 aliphatic heterocycles. The second kappa shape index (κ2) is 22.7. The number of nitrogens with zero attached hydrogens (tertiary/aromatic N) is 2. The largest absolute Gasteiger partial charge is 0.381 e. The minimum atomic E-state index is -0.619. The van der Waals surface area contributed by atoms with Crippen molar-refractivity contribution in [2.24, 2.45) is 5.92 Å². The van der Waals surface area contributed by atoms with Gasteiger partial charge < -0.3 is 14.5 Å². The predicted molar refractivity (Wildman–Crippen MR) is 140 cm³/mol. The first kappa shape index (κ1) is 31.9. The van der Waals surface area contributed by atoms with E-state index in [0.29, 0.717) is 19.6 Å². The van der Waals surface area contributed by atoms with Crippen LogP contribution in [0.5, 0.6) is 0 Å². The van der Waals surface area contributed by atoms with Gasteiger partial charge in [0.2, 0.25) is 11.8 Å². The van der Waals surface area contributed by atoms with E-state index in [1.54, 1.807) is 9.80 Å². The minimum Gasteiger partial charge on any atom is -0.381 e. The molecule has 0 fully saturated rings. The van der Waals surface area contributed by atoms with E-state index >= 15 is 0 Å². The lowest BCUT2D eigenvalue weighted by Crippen LogP contribution is -2.44. The maximum Gasteiger partial charge on any atom is 0.234 e. The van der Waals surface area contributed by atoms with E-state index in [0.717, 1.165) is 58.0 Å². The summed E-state index contributed by atoms with van der Waals surface area (Å²) >= 11 is 0. The van der Waals surface area contributed by atoms with Gasteiger partial charge in [-0.25, -0.2) is 0 Å². The molecule has 196 valence electrons. The molecule has 0 unspecified atom stereocenters. The molecule has 33 heavy (non-hydrogen) atoms. The molecule has 0 spiro atoms. The van der Waals surface area contributed by atoms with Gasteiger partial charge in [0, 0.05) is 40.4 Å². The third-order valence-electron chi connectivity index (χ3n) is 6.49. The van der Waals surface area contributed by atoms with Crippen molar-refractivity contribution in [2.45, 2.75) is 124 Å². The Labute approximate surface area is 206 Å².